The molecular formula is C15H22O3. The molecule has 2 aliphatic heterocycles. The van der Waals surface area contributed by atoms with Gasteiger partial charge in [-0.3, -0.25) is 4.79 Å². The molecule has 0 amide bonds. The minimum absolute atomic E-state index is 0.0210. The minimum Gasteiger partial charge on any atom is -0.461 e. The molecule has 4 rings (SSSR count). The van der Waals surface area contributed by atoms with E-state index >= 15 is 0 Å². The maximum absolute atomic E-state index is 11.9. The van der Waals surface area contributed by atoms with Crippen molar-refractivity contribution < 1.29 is 14.3 Å². The molecule has 0 bridgehead atoms. The molecular weight excluding hydrogens is 228 g/mol. The number of esters is 1. The molecule has 0 aromatic carbocycles. The molecule has 0 aromatic rings. The first-order valence-corrected chi connectivity index (χ1v) is 7.37. The lowest BCUT2D eigenvalue weighted by Crippen LogP contribution is -2.50. The van der Waals surface area contributed by atoms with Gasteiger partial charge in [0.05, 0.1) is 17.6 Å². The number of epoxide rings is 1. The quantitative estimate of drug-likeness (QED) is 0.490. The van der Waals surface area contributed by atoms with Crippen molar-refractivity contribution in [2.75, 3.05) is 0 Å². The third-order valence-corrected chi connectivity index (χ3v) is 6.45. The van der Waals surface area contributed by atoms with Crippen LogP contribution in [0.1, 0.15) is 46.5 Å². The van der Waals surface area contributed by atoms with E-state index in [0.717, 1.165) is 12.8 Å². The second-order valence-corrected chi connectivity index (χ2v) is 7.21. The maximum atomic E-state index is 11.9. The van der Waals surface area contributed by atoms with Crippen LogP contribution in [0.25, 0.3) is 0 Å². The van der Waals surface area contributed by atoms with Gasteiger partial charge in [0.1, 0.15) is 6.10 Å². The van der Waals surface area contributed by atoms with Crippen molar-refractivity contribution in [3.05, 3.63) is 0 Å². The first kappa shape index (κ1) is 11.3. The van der Waals surface area contributed by atoms with Gasteiger partial charge in [0, 0.05) is 11.3 Å². The molecule has 7 atom stereocenters. The molecule has 3 heteroatoms. The fourth-order valence-electron chi connectivity index (χ4n) is 5.15. The van der Waals surface area contributed by atoms with Crippen molar-refractivity contribution in [3.63, 3.8) is 0 Å². The highest BCUT2D eigenvalue weighted by Crippen LogP contribution is 2.68. The molecule has 2 heterocycles. The molecule has 4 aliphatic rings. The summed E-state index contributed by atoms with van der Waals surface area (Å²) < 4.78 is 11.8. The third kappa shape index (κ3) is 1.08. The molecule has 4 fully saturated rings. The Bertz CT molecular complexity index is 420. The van der Waals surface area contributed by atoms with Gasteiger partial charge in [-0.1, -0.05) is 13.8 Å². The Morgan fingerprint density at radius 3 is 2.61 bits per heavy atom. The Morgan fingerprint density at radius 1 is 1.22 bits per heavy atom. The van der Waals surface area contributed by atoms with Crippen molar-refractivity contribution in [3.8, 4) is 0 Å². The molecule has 0 radical (unpaired) electrons. The van der Waals surface area contributed by atoms with Gasteiger partial charge in [-0.25, -0.2) is 0 Å². The van der Waals surface area contributed by atoms with Gasteiger partial charge in [0.25, 0.3) is 0 Å². The van der Waals surface area contributed by atoms with Gasteiger partial charge >= 0.3 is 5.97 Å². The Hall–Kier alpha value is -0.570. The summed E-state index contributed by atoms with van der Waals surface area (Å²) >= 11 is 0. The molecule has 18 heavy (non-hydrogen) atoms. The zero-order valence-electron chi connectivity index (χ0n) is 11.4. The zero-order valence-corrected chi connectivity index (χ0v) is 11.4. The van der Waals surface area contributed by atoms with Crippen LogP contribution in [0.3, 0.4) is 0 Å². The van der Waals surface area contributed by atoms with Crippen molar-refractivity contribution in [1.82, 2.24) is 0 Å². The predicted molar refractivity (Wildman–Crippen MR) is 65.9 cm³/mol. The summed E-state index contributed by atoms with van der Waals surface area (Å²) in [6, 6.07) is 0. The number of fused-ring (bicyclic) bond motifs is 4. The van der Waals surface area contributed by atoms with Crippen LogP contribution < -0.4 is 0 Å². The Labute approximate surface area is 108 Å². The molecule has 7 unspecified atom stereocenters. The van der Waals surface area contributed by atoms with E-state index < -0.39 is 0 Å². The van der Waals surface area contributed by atoms with Crippen molar-refractivity contribution >= 4 is 5.97 Å². The van der Waals surface area contributed by atoms with Crippen LogP contribution in [0, 0.1) is 23.2 Å². The van der Waals surface area contributed by atoms with Gasteiger partial charge in [0.2, 0.25) is 0 Å². The van der Waals surface area contributed by atoms with Crippen LogP contribution in [0.15, 0.2) is 0 Å². The predicted octanol–water partition coefficient (Wildman–Crippen LogP) is 2.53. The smallest absolute Gasteiger partial charge is 0.309 e. The summed E-state index contributed by atoms with van der Waals surface area (Å²) in [6.07, 6.45) is 5.14. The average molecular weight is 250 g/mol. The van der Waals surface area contributed by atoms with E-state index in [1.807, 2.05) is 6.92 Å². The third-order valence-electron chi connectivity index (χ3n) is 6.45. The lowest BCUT2D eigenvalue weighted by atomic mass is 9.59. The molecule has 2 saturated carbocycles. The summed E-state index contributed by atoms with van der Waals surface area (Å²) in [4.78, 5) is 11.9. The molecule has 1 spiro atoms. The summed E-state index contributed by atoms with van der Waals surface area (Å²) in [5.74, 6) is 1.16. The van der Waals surface area contributed by atoms with Crippen molar-refractivity contribution in [1.29, 1.82) is 0 Å². The number of rotatable bonds is 0. The van der Waals surface area contributed by atoms with Gasteiger partial charge in [-0.05, 0) is 38.5 Å². The summed E-state index contributed by atoms with van der Waals surface area (Å²) in [7, 11) is 0. The van der Waals surface area contributed by atoms with E-state index in [9.17, 15) is 4.79 Å². The van der Waals surface area contributed by atoms with Crippen LogP contribution in [-0.2, 0) is 14.3 Å². The molecule has 2 aliphatic carbocycles. The lowest BCUT2D eigenvalue weighted by Gasteiger charge is -2.46. The van der Waals surface area contributed by atoms with Crippen LogP contribution in [0.5, 0.6) is 0 Å². The average Bonchev–Trinajstić information content (AvgIpc) is 2.81. The van der Waals surface area contributed by atoms with Gasteiger partial charge in [-0.15, -0.1) is 0 Å². The topological polar surface area (TPSA) is 38.8 Å². The monoisotopic (exact) mass is 250 g/mol. The number of hydrogen-bond acceptors (Lipinski definition) is 3. The standard InChI is InChI=1S/C15H22O3/c1-8-4-5-10-9(2)12(16)17-11(10)15(8)7-6-14(3)13(15)18-14/h8-11,13H,4-7H2,1-3H3. The van der Waals surface area contributed by atoms with E-state index in [1.54, 1.807) is 0 Å². The highest BCUT2D eigenvalue weighted by Gasteiger charge is 2.75. The van der Waals surface area contributed by atoms with Gasteiger partial charge < -0.3 is 9.47 Å². The normalized spacial score (nSPS) is 61.5. The Kier molecular flexibility index (Phi) is 1.95. The zero-order chi connectivity index (χ0) is 12.7. The fourth-order valence-corrected chi connectivity index (χ4v) is 5.15. The highest BCUT2D eigenvalue weighted by atomic mass is 16.6. The Morgan fingerprint density at radius 2 is 2.00 bits per heavy atom. The van der Waals surface area contributed by atoms with Crippen LogP contribution in [-0.4, -0.2) is 23.8 Å². The van der Waals surface area contributed by atoms with Crippen molar-refractivity contribution in [2.45, 2.75) is 64.3 Å². The summed E-state index contributed by atoms with van der Waals surface area (Å²) in [6.45, 7) is 6.60. The maximum Gasteiger partial charge on any atom is 0.309 e. The van der Waals surface area contributed by atoms with E-state index in [0.29, 0.717) is 17.9 Å². The first-order chi connectivity index (χ1) is 8.49. The number of carbonyl (C=O) groups is 1. The van der Waals surface area contributed by atoms with E-state index in [2.05, 4.69) is 13.8 Å². The number of ether oxygens (including phenoxy) is 2. The first-order valence-electron chi connectivity index (χ1n) is 7.37. The largest absolute Gasteiger partial charge is 0.461 e. The van der Waals surface area contributed by atoms with Crippen LogP contribution >= 0.6 is 0 Å². The van der Waals surface area contributed by atoms with Gasteiger partial charge in [-0.2, -0.15) is 0 Å². The SMILES string of the molecule is CC1C(=O)OC2C1CCC(C)C21CCC2(C)OC21. The lowest BCUT2D eigenvalue weighted by molar-refractivity contribution is -0.154. The molecule has 3 nitrogen and oxygen atoms in total. The Balaban J connectivity index is 1.75. The minimum atomic E-state index is 0.0210. The highest BCUT2D eigenvalue weighted by molar-refractivity contribution is 5.75. The summed E-state index contributed by atoms with van der Waals surface area (Å²) in [5.41, 5.74) is 0.215. The van der Waals surface area contributed by atoms with E-state index in [4.69, 9.17) is 9.47 Å². The van der Waals surface area contributed by atoms with E-state index in [-0.39, 0.29) is 29.0 Å². The number of hydrogen-bond donors (Lipinski definition) is 0. The van der Waals surface area contributed by atoms with E-state index in [1.165, 1.54) is 12.8 Å². The van der Waals surface area contributed by atoms with Gasteiger partial charge in [0.15, 0.2) is 0 Å². The molecule has 2 saturated heterocycles. The second-order valence-electron chi connectivity index (χ2n) is 7.21. The fraction of sp³-hybridized carbons (Fsp3) is 0.933. The molecule has 100 valence electrons. The second kappa shape index (κ2) is 3.12. The van der Waals surface area contributed by atoms with Crippen molar-refractivity contribution in [2.24, 2.45) is 23.2 Å². The summed E-state index contributed by atoms with van der Waals surface area (Å²) in [5, 5.41) is 0. The molecule has 0 N–H and O–H groups in total. The number of carbonyl (C=O) groups excluding carboxylic acids is 1. The van der Waals surface area contributed by atoms with Crippen LogP contribution in [0.4, 0.5) is 0 Å². The molecule has 0 aromatic heterocycles. The van der Waals surface area contributed by atoms with Crippen LogP contribution in [0.2, 0.25) is 0 Å².